The number of aliphatic hydroxyl groups is 1. The molecular weight excluding hydrogens is 248 g/mol. The van der Waals surface area contributed by atoms with Crippen LogP contribution in [0.1, 0.15) is 31.2 Å². The Hall–Kier alpha value is -0.900. The molecule has 2 rings (SSSR count). The fraction of sp³-hybridized carbons (Fsp3) is 0.647. The van der Waals surface area contributed by atoms with Gasteiger partial charge in [-0.2, -0.15) is 0 Å². The van der Waals surface area contributed by atoms with Crippen molar-refractivity contribution in [1.82, 2.24) is 10.2 Å². The first-order valence-corrected chi connectivity index (χ1v) is 7.99. The van der Waals surface area contributed by atoms with Crippen LogP contribution in [0.25, 0.3) is 0 Å². The highest BCUT2D eigenvalue weighted by molar-refractivity contribution is 5.14. The van der Waals surface area contributed by atoms with Gasteiger partial charge in [0.15, 0.2) is 0 Å². The van der Waals surface area contributed by atoms with Crippen molar-refractivity contribution in [3.05, 3.63) is 35.9 Å². The molecule has 0 atom stereocenters. The molecule has 3 nitrogen and oxygen atoms in total. The maximum atomic E-state index is 8.76. The average molecular weight is 276 g/mol. The minimum Gasteiger partial charge on any atom is -0.396 e. The van der Waals surface area contributed by atoms with Gasteiger partial charge in [-0.25, -0.2) is 0 Å². The zero-order chi connectivity index (χ0) is 14.0. The number of benzene rings is 1. The zero-order valence-electron chi connectivity index (χ0n) is 12.4. The number of aliphatic hydroxyl groups excluding tert-OH is 1. The van der Waals surface area contributed by atoms with Gasteiger partial charge < -0.3 is 15.3 Å². The summed E-state index contributed by atoms with van der Waals surface area (Å²) in [7, 11) is 0. The van der Waals surface area contributed by atoms with Crippen LogP contribution in [0.3, 0.4) is 0 Å². The van der Waals surface area contributed by atoms with Crippen LogP contribution >= 0.6 is 0 Å². The molecule has 0 bridgehead atoms. The zero-order valence-corrected chi connectivity index (χ0v) is 12.4. The quantitative estimate of drug-likeness (QED) is 0.713. The lowest BCUT2D eigenvalue weighted by molar-refractivity contribution is 0.198. The van der Waals surface area contributed by atoms with Gasteiger partial charge in [0.2, 0.25) is 0 Å². The Bertz CT molecular complexity index is 347. The van der Waals surface area contributed by atoms with Crippen molar-refractivity contribution in [2.75, 3.05) is 32.8 Å². The van der Waals surface area contributed by atoms with Gasteiger partial charge >= 0.3 is 0 Å². The number of piperidine rings is 1. The first-order chi connectivity index (χ1) is 9.88. The Balaban J connectivity index is 1.57. The molecule has 112 valence electrons. The van der Waals surface area contributed by atoms with E-state index in [1.54, 1.807) is 0 Å². The van der Waals surface area contributed by atoms with Crippen LogP contribution in [0.5, 0.6) is 0 Å². The Morgan fingerprint density at radius 1 is 1.10 bits per heavy atom. The summed E-state index contributed by atoms with van der Waals surface area (Å²) in [4.78, 5) is 2.58. The van der Waals surface area contributed by atoms with Crippen LogP contribution in [0.15, 0.2) is 30.3 Å². The summed E-state index contributed by atoms with van der Waals surface area (Å²) in [5, 5.41) is 12.4. The molecule has 20 heavy (non-hydrogen) atoms. The van der Waals surface area contributed by atoms with Crippen molar-refractivity contribution in [3.8, 4) is 0 Å². The Morgan fingerprint density at radius 2 is 1.85 bits per heavy atom. The van der Waals surface area contributed by atoms with Gasteiger partial charge in [-0.1, -0.05) is 30.3 Å². The highest BCUT2D eigenvalue weighted by atomic mass is 16.2. The minimum atomic E-state index is 0.319. The molecule has 0 spiro atoms. The number of nitrogens with zero attached hydrogens (tertiary/aromatic N) is 1. The monoisotopic (exact) mass is 276 g/mol. The van der Waals surface area contributed by atoms with Gasteiger partial charge in [0.05, 0.1) is 0 Å². The molecule has 0 radical (unpaired) electrons. The lowest BCUT2D eigenvalue weighted by Gasteiger charge is -2.32. The van der Waals surface area contributed by atoms with E-state index in [1.807, 2.05) is 0 Å². The summed E-state index contributed by atoms with van der Waals surface area (Å²) in [6, 6.07) is 11.4. The molecule has 0 aliphatic carbocycles. The van der Waals surface area contributed by atoms with Crippen LogP contribution in [-0.4, -0.2) is 48.8 Å². The predicted molar refractivity (Wildman–Crippen MR) is 83.9 cm³/mol. The third-order valence-corrected chi connectivity index (χ3v) is 4.17. The van der Waals surface area contributed by atoms with Gasteiger partial charge in [-0.15, -0.1) is 0 Å². The Labute approximate surface area is 123 Å². The number of hydrogen-bond donors (Lipinski definition) is 2. The number of unbranched alkanes of at least 4 members (excludes halogenated alkanes) is 1. The van der Waals surface area contributed by atoms with Gasteiger partial charge in [-0.3, -0.25) is 0 Å². The second-order valence-electron chi connectivity index (χ2n) is 5.74. The summed E-state index contributed by atoms with van der Waals surface area (Å²) in [6.07, 6.45) is 5.69. The predicted octanol–water partition coefficient (Wildman–Crippen LogP) is 2.06. The van der Waals surface area contributed by atoms with Gasteiger partial charge in [0, 0.05) is 19.2 Å². The average Bonchev–Trinajstić information content (AvgIpc) is 2.52. The standard InChI is InChI=1S/C17H28N2O/c20-15-5-4-11-18-17-9-13-19(14-10-17)12-8-16-6-2-1-3-7-16/h1-3,6-7,17-18,20H,4-5,8-15H2. The van der Waals surface area contributed by atoms with Crippen molar-refractivity contribution >= 4 is 0 Å². The second kappa shape index (κ2) is 9.11. The molecular formula is C17H28N2O. The number of hydrogen-bond acceptors (Lipinski definition) is 3. The molecule has 1 aromatic carbocycles. The van der Waals surface area contributed by atoms with E-state index >= 15 is 0 Å². The van der Waals surface area contributed by atoms with E-state index in [4.69, 9.17) is 5.11 Å². The Morgan fingerprint density at radius 3 is 2.55 bits per heavy atom. The van der Waals surface area contributed by atoms with Gasteiger partial charge in [-0.05, 0) is 57.3 Å². The van der Waals surface area contributed by atoms with E-state index in [2.05, 4.69) is 40.5 Å². The molecule has 0 unspecified atom stereocenters. The fourth-order valence-corrected chi connectivity index (χ4v) is 2.84. The van der Waals surface area contributed by atoms with Crippen molar-refractivity contribution in [3.63, 3.8) is 0 Å². The summed E-state index contributed by atoms with van der Waals surface area (Å²) >= 11 is 0. The number of nitrogens with one attached hydrogen (secondary N) is 1. The molecule has 3 heteroatoms. The SMILES string of the molecule is OCCCCNC1CCN(CCc2ccccc2)CC1. The summed E-state index contributed by atoms with van der Waals surface area (Å²) in [5.41, 5.74) is 1.44. The molecule has 1 heterocycles. The molecule has 1 saturated heterocycles. The van der Waals surface area contributed by atoms with E-state index < -0.39 is 0 Å². The molecule has 0 aromatic heterocycles. The molecule has 1 fully saturated rings. The van der Waals surface area contributed by atoms with Crippen LogP contribution in [0.2, 0.25) is 0 Å². The highest BCUT2D eigenvalue weighted by Gasteiger charge is 2.17. The summed E-state index contributed by atoms with van der Waals surface area (Å²) in [5.74, 6) is 0. The van der Waals surface area contributed by atoms with Crippen LogP contribution in [0.4, 0.5) is 0 Å². The van der Waals surface area contributed by atoms with Crippen molar-refractivity contribution in [1.29, 1.82) is 0 Å². The number of likely N-dealkylation sites (tertiary alicyclic amines) is 1. The van der Waals surface area contributed by atoms with E-state index in [1.165, 1.54) is 38.0 Å². The van der Waals surface area contributed by atoms with E-state index in [0.717, 1.165) is 25.8 Å². The lowest BCUT2D eigenvalue weighted by atomic mass is 10.0. The summed E-state index contributed by atoms with van der Waals surface area (Å²) in [6.45, 7) is 4.98. The number of rotatable bonds is 8. The van der Waals surface area contributed by atoms with Crippen molar-refractivity contribution < 1.29 is 5.11 Å². The third kappa shape index (κ3) is 5.61. The van der Waals surface area contributed by atoms with E-state index in [0.29, 0.717) is 12.6 Å². The molecule has 2 N–H and O–H groups in total. The normalized spacial score (nSPS) is 17.4. The summed E-state index contributed by atoms with van der Waals surface area (Å²) < 4.78 is 0. The first kappa shape index (κ1) is 15.5. The maximum Gasteiger partial charge on any atom is 0.0431 e. The van der Waals surface area contributed by atoms with Crippen LogP contribution in [-0.2, 0) is 6.42 Å². The molecule has 0 amide bonds. The molecule has 1 aliphatic rings. The van der Waals surface area contributed by atoms with Crippen LogP contribution < -0.4 is 5.32 Å². The minimum absolute atomic E-state index is 0.319. The fourth-order valence-electron chi connectivity index (χ4n) is 2.84. The molecule has 0 saturated carbocycles. The third-order valence-electron chi connectivity index (χ3n) is 4.17. The largest absolute Gasteiger partial charge is 0.396 e. The maximum absolute atomic E-state index is 8.76. The van der Waals surface area contributed by atoms with Crippen molar-refractivity contribution in [2.24, 2.45) is 0 Å². The van der Waals surface area contributed by atoms with Gasteiger partial charge in [0.1, 0.15) is 0 Å². The van der Waals surface area contributed by atoms with Crippen LogP contribution in [0, 0.1) is 0 Å². The smallest absolute Gasteiger partial charge is 0.0431 e. The van der Waals surface area contributed by atoms with Gasteiger partial charge in [0.25, 0.3) is 0 Å². The topological polar surface area (TPSA) is 35.5 Å². The Kier molecular flexibility index (Phi) is 7.06. The molecule has 1 aromatic rings. The van der Waals surface area contributed by atoms with Crippen molar-refractivity contribution in [2.45, 2.75) is 38.1 Å². The second-order valence-corrected chi connectivity index (χ2v) is 5.74. The lowest BCUT2D eigenvalue weighted by Crippen LogP contribution is -2.43. The highest BCUT2D eigenvalue weighted by Crippen LogP contribution is 2.11. The van der Waals surface area contributed by atoms with E-state index in [9.17, 15) is 0 Å². The molecule has 1 aliphatic heterocycles. The first-order valence-electron chi connectivity index (χ1n) is 7.99. The van der Waals surface area contributed by atoms with E-state index in [-0.39, 0.29) is 0 Å².